The van der Waals surface area contributed by atoms with E-state index in [0.29, 0.717) is 5.92 Å². The van der Waals surface area contributed by atoms with Gasteiger partial charge in [-0.15, -0.1) is 0 Å². The molecule has 156 valence electrons. The number of allylic oxidation sites excluding steroid dienone is 7. The molecule has 0 radical (unpaired) electrons. The molecule has 0 N–H and O–H groups in total. The van der Waals surface area contributed by atoms with E-state index in [2.05, 4.69) is 98.3 Å². The van der Waals surface area contributed by atoms with Gasteiger partial charge in [0.15, 0.2) is 0 Å². The molecule has 4 rings (SSSR count). The molecule has 0 fully saturated rings. The predicted molar refractivity (Wildman–Crippen MR) is 136 cm³/mol. The van der Waals surface area contributed by atoms with Gasteiger partial charge < -0.3 is 0 Å². The van der Waals surface area contributed by atoms with Crippen molar-refractivity contribution in [2.75, 3.05) is 5.01 Å². The smallest absolute Gasteiger partial charge is 0.0962 e. The van der Waals surface area contributed by atoms with Gasteiger partial charge in [0.2, 0.25) is 0 Å². The third-order valence-electron chi connectivity index (χ3n) is 6.16. The van der Waals surface area contributed by atoms with Crippen LogP contribution in [0, 0.1) is 6.92 Å². The molecule has 1 heterocycles. The molecule has 2 unspecified atom stereocenters. The van der Waals surface area contributed by atoms with Gasteiger partial charge in [0, 0.05) is 12.1 Å². The Kier molecular flexibility index (Phi) is 6.18. The monoisotopic (exact) mass is 406 g/mol. The van der Waals surface area contributed by atoms with E-state index in [4.69, 9.17) is 5.10 Å². The number of hydrogen-bond donors (Lipinski definition) is 0. The SMILES string of the molecule is C=C1/C=C\C=C/C(CC)c2c1ccc(C1C=Cc3ccccc3N1/N=C/C=C\C)c2C. The Morgan fingerprint density at radius 1 is 1.06 bits per heavy atom. The topological polar surface area (TPSA) is 15.6 Å². The highest BCUT2D eigenvalue weighted by atomic mass is 15.5. The molecule has 31 heavy (non-hydrogen) atoms. The van der Waals surface area contributed by atoms with Crippen LogP contribution in [0.5, 0.6) is 0 Å². The zero-order valence-electron chi connectivity index (χ0n) is 18.6. The zero-order chi connectivity index (χ0) is 21.8. The molecule has 2 heteroatoms. The van der Waals surface area contributed by atoms with E-state index in [0.717, 1.165) is 17.7 Å². The van der Waals surface area contributed by atoms with E-state index in [-0.39, 0.29) is 6.04 Å². The number of para-hydroxylation sites is 1. The Morgan fingerprint density at radius 2 is 1.90 bits per heavy atom. The summed E-state index contributed by atoms with van der Waals surface area (Å²) in [7, 11) is 0. The van der Waals surface area contributed by atoms with E-state index in [1.807, 2.05) is 25.3 Å². The van der Waals surface area contributed by atoms with Crippen molar-refractivity contribution in [3.63, 3.8) is 0 Å². The van der Waals surface area contributed by atoms with E-state index in [1.165, 1.54) is 27.8 Å². The molecule has 0 saturated heterocycles. The normalized spacial score (nSPS) is 22.3. The quantitative estimate of drug-likeness (QED) is 0.474. The fourth-order valence-electron chi connectivity index (χ4n) is 4.55. The summed E-state index contributed by atoms with van der Waals surface area (Å²) in [4.78, 5) is 0. The highest BCUT2D eigenvalue weighted by Gasteiger charge is 2.27. The summed E-state index contributed by atoms with van der Waals surface area (Å²) in [6, 6.07) is 13.0. The van der Waals surface area contributed by atoms with E-state index in [1.54, 1.807) is 0 Å². The minimum atomic E-state index is 0.0393. The van der Waals surface area contributed by atoms with Gasteiger partial charge in [-0.3, -0.25) is 5.01 Å². The van der Waals surface area contributed by atoms with Gasteiger partial charge in [-0.1, -0.05) is 86.4 Å². The van der Waals surface area contributed by atoms with Gasteiger partial charge >= 0.3 is 0 Å². The van der Waals surface area contributed by atoms with Crippen molar-refractivity contribution in [1.29, 1.82) is 0 Å². The van der Waals surface area contributed by atoms with E-state index >= 15 is 0 Å². The van der Waals surface area contributed by atoms with Gasteiger partial charge in [0.05, 0.1) is 11.7 Å². The molecule has 0 amide bonds. The van der Waals surface area contributed by atoms with Gasteiger partial charge in [-0.2, -0.15) is 5.10 Å². The molecule has 2 aromatic carbocycles. The molecule has 0 bridgehead atoms. The van der Waals surface area contributed by atoms with Crippen molar-refractivity contribution < 1.29 is 0 Å². The highest BCUT2D eigenvalue weighted by molar-refractivity contribution is 5.79. The Balaban J connectivity index is 1.87. The summed E-state index contributed by atoms with van der Waals surface area (Å²) in [5, 5.41) is 6.98. The van der Waals surface area contributed by atoms with Crippen LogP contribution in [0.15, 0.2) is 90.6 Å². The van der Waals surface area contributed by atoms with Gasteiger partial charge in [-0.25, -0.2) is 0 Å². The van der Waals surface area contributed by atoms with Crippen molar-refractivity contribution in [3.8, 4) is 0 Å². The first-order valence-electron chi connectivity index (χ1n) is 11.0. The minimum absolute atomic E-state index is 0.0393. The standard InChI is InChI=1S/C29H30N2/c1-5-7-20-30-31-27-15-11-10-14-24(27)16-19-28(31)26-18-17-25-21(3)12-8-9-13-23(6-2)29(25)22(26)4/h5,7-20,23,28H,3,6H2,1-2,4H3/b7-5-,12-8-,13-9-,30-20+. The summed E-state index contributed by atoms with van der Waals surface area (Å²) in [6.45, 7) is 10.8. The van der Waals surface area contributed by atoms with Crippen LogP contribution in [0.25, 0.3) is 11.6 Å². The summed E-state index contributed by atoms with van der Waals surface area (Å²) >= 11 is 0. The van der Waals surface area contributed by atoms with Gasteiger partial charge in [-0.05, 0) is 65.8 Å². The summed E-state index contributed by atoms with van der Waals surface area (Å²) in [6.07, 6.45) is 20.0. The maximum Gasteiger partial charge on any atom is 0.0962 e. The zero-order valence-corrected chi connectivity index (χ0v) is 18.6. The number of hydrogen-bond acceptors (Lipinski definition) is 2. The van der Waals surface area contributed by atoms with Crippen LogP contribution in [0.1, 0.15) is 60.0 Å². The van der Waals surface area contributed by atoms with Crippen molar-refractivity contribution >= 4 is 23.6 Å². The van der Waals surface area contributed by atoms with Gasteiger partial charge in [0.1, 0.15) is 0 Å². The molecule has 2 aromatic rings. The summed E-state index contributed by atoms with van der Waals surface area (Å²) < 4.78 is 0. The number of hydrazone groups is 1. The minimum Gasteiger partial charge on any atom is -0.254 e. The lowest BCUT2D eigenvalue weighted by Crippen LogP contribution is -2.26. The average molecular weight is 407 g/mol. The number of benzene rings is 2. The molecule has 2 aliphatic rings. The Hall–Kier alpha value is -3.39. The second-order valence-electron chi connectivity index (χ2n) is 8.02. The molecular weight excluding hydrogens is 376 g/mol. The molecule has 0 saturated carbocycles. The molecule has 0 aromatic heterocycles. The summed E-state index contributed by atoms with van der Waals surface area (Å²) in [5.41, 5.74) is 8.62. The van der Waals surface area contributed by atoms with Crippen molar-refractivity contribution in [2.45, 2.75) is 39.2 Å². The Morgan fingerprint density at radius 3 is 2.71 bits per heavy atom. The van der Waals surface area contributed by atoms with Crippen LogP contribution in [-0.2, 0) is 0 Å². The second-order valence-corrected chi connectivity index (χ2v) is 8.02. The van der Waals surface area contributed by atoms with Crippen LogP contribution in [0.3, 0.4) is 0 Å². The third-order valence-corrected chi connectivity index (χ3v) is 6.16. The maximum atomic E-state index is 4.84. The van der Waals surface area contributed by atoms with Crippen LogP contribution in [-0.4, -0.2) is 6.21 Å². The number of rotatable bonds is 4. The first-order valence-corrected chi connectivity index (χ1v) is 11.0. The Labute approximate surface area is 186 Å². The molecular formula is C29H30N2. The number of fused-ring (bicyclic) bond motifs is 2. The lowest BCUT2D eigenvalue weighted by Gasteiger charge is -2.34. The lowest BCUT2D eigenvalue weighted by molar-refractivity contribution is 0.740. The fourth-order valence-corrected chi connectivity index (χ4v) is 4.55. The Bertz CT molecular complexity index is 1130. The molecule has 0 spiro atoms. The van der Waals surface area contributed by atoms with Crippen molar-refractivity contribution in [3.05, 3.63) is 113 Å². The number of nitrogens with zero attached hydrogens (tertiary/aromatic N) is 2. The summed E-state index contributed by atoms with van der Waals surface area (Å²) in [5.74, 6) is 0.372. The van der Waals surface area contributed by atoms with Gasteiger partial charge in [0.25, 0.3) is 0 Å². The third kappa shape index (κ3) is 3.98. The second kappa shape index (κ2) is 9.18. The fraction of sp³-hybridized carbons (Fsp3) is 0.207. The lowest BCUT2D eigenvalue weighted by atomic mass is 9.81. The van der Waals surface area contributed by atoms with E-state index in [9.17, 15) is 0 Å². The largest absolute Gasteiger partial charge is 0.254 e. The average Bonchev–Trinajstić information content (AvgIpc) is 2.78. The van der Waals surface area contributed by atoms with Crippen LogP contribution in [0.4, 0.5) is 5.69 Å². The molecule has 1 aliphatic heterocycles. The first-order chi connectivity index (χ1) is 15.2. The van der Waals surface area contributed by atoms with Crippen LogP contribution >= 0.6 is 0 Å². The highest BCUT2D eigenvalue weighted by Crippen LogP contribution is 2.41. The predicted octanol–water partition coefficient (Wildman–Crippen LogP) is 7.76. The maximum absolute atomic E-state index is 4.84. The first kappa shape index (κ1) is 20.9. The number of anilines is 1. The van der Waals surface area contributed by atoms with Crippen molar-refractivity contribution in [2.24, 2.45) is 5.10 Å². The van der Waals surface area contributed by atoms with E-state index < -0.39 is 0 Å². The molecule has 2 atom stereocenters. The van der Waals surface area contributed by atoms with Crippen molar-refractivity contribution in [1.82, 2.24) is 0 Å². The molecule has 1 aliphatic carbocycles. The van der Waals surface area contributed by atoms with Crippen LogP contribution < -0.4 is 5.01 Å². The molecule has 2 nitrogen and oxygen atoms in total. The van der Waals surface area contributed by atoms with Crippen LogP contribution in [0.2, 0.25) is 0 Å².